The molecule has 1 aliphatic rings. The molecule has 2 aromatic heterocycles. The predicted octanol–water partition coefficient (Wildman–Crippen LogP) is 7.74. The fourth-order valence-corrected chi connectivity index (χ4v) is 7.21. The van der Waals surface area contributed by atoms with E-state index in [1.165, 1.54) is 11.5 Å². The van der Waals surface area contributed by atoms with Gasteiger partial charge in [0.15, 0.2) is 0 Å². The molecule has 0 unspecified atom stereocenters. The van der Waals surface area contributed by atoms with Crippen molar-refractivity contribution in [3.8, 4) is 34.3 Å². The number of hydrogen-bond donors (Lipinski definition) is 0. The van der Waals surface area contributed by atoms with E-state index < -0.39 is 12.1 Å². The number of piperazine rings is 1. The Morgan fingerprint density at radius 1 is 0.981 bits per heavy atom. The molecule has 1 aliphatic heterocycles. The van der Waals surface area contributed by atoms with E-state index in [1.807, 2.05) is 67.6 Å². The number of methoxy groups -OCH3 is 1. The Bertz CT molecular complexity index is 1980. The van der Waals surface area contributed by atoms with Crippen LogP contribution in [0.5, 0.6) is 23.1 Å². The number of carbonyl (C=O) groups excluding carboxylic acids is 1. The molecule has 52 heavy (non-hydrogen) atoms. The van der Waals surface area contributed by atoms with E-state index >= 15 is 0 Å². The number of carbonyl (C=O) groups is 1. The average molecular weight is 766 g/mol. The fraction of sp³-hybridized carbons (Fsp3) is 0.359. The number of likely N-dealkylation sites (N-methyl/N-ethyl adjacent to an activating group) is 1. The van der Waals surface area contributed by atoms with Gasteiger partial charge >= 0.3 is 5.97 Å². The van der Waals surface area contributed by atoms with Gasteiger partial charge in [-0.25, -0.2) is 9.78 Å². The second kappa shape index (κ2) is 17.6. The average Bonchev–Trinajstić information content (AvgIpc) is 3.56. The first-order valence-electron chi connectivity index (χ1n) is 17.2. The number of benzene rings is 3. The zero-order valence-corrected chi connectivity index (χ0v) is 32.0. The number of pyridine rings is 1. The van der Waals surface area contributed by atoms with Crippen LogP contribution in [-0.4, -0.2) is 91.3 Å². The Kier molecular flexibility index (Phi) is 12.7. The molecule has 0 bridgehead atoms. The van der Waals surface area contributed by atoms with Crippen molar-refractivity contribution in [2.24, 2.45) is 0 Å². The zero-order valence-electron chi connectivity index (χ0n) is 29.7. The van der Waals surface area contributed by atoms with Gasteiger partial charge < -0.3 is 28.6 Å². The normalized spacial score (nSPS) is 14.3. The summed E-state index contributed by atoms with van der Waals surface area (Å²) in [6.07, 6.45) is 0.798. The lowest BCUT2D eigenvalue weighted by Gasteiger charge is -2.32. The van der Waals surface area contributed by atoms with Crippen LogP contribution < -0.4 is 18.9 Å². The van der Waals surface area contributed by atoms with Gasteiger partial charge in [0.1, 0.15) is 35.6 Å². The standard InChI is InChI=1S/C39H42Cl2N4O6S/c1-5-48-39(46)32(22-27-8-6-7-9-30(27)50-24-26-10-12-28(47-4)13-11-26)51-38-35-33(52-43-38)23-42-37(41)34(35)29-14-15-31(36(40)25(29)2)49-21-20-45-18-16-44(3)17-19-45/h6-15,23,32H,5,16-22,24H2,1-4H3/t32-/m1/s1. The first-order chi connectivity index (χ1) is 25.2. The van der Waals surface area contributed by atoms with Crippen LogP contribution in [0.2, 0.25) is 10.2 Å². The van der Waals surface area contributed by atoms with Crippen LogP contribution in [0.25, 0.3) is 21.2 Å². The van der Waals surface area contributed by atoms with Crippen LogP contribution in [0, 0.1) is 6.92 Å². The van der Waals surface area contributed by atoms with Gasteiger partial charge in [-0.1, -0.05) is 59.6 Å². The summed E-state index contributed by atoms with van der Waals surface area (Å²) in [4.78, 5) is 22.6. The first kappa shape index (κ1) is 37.6. The number of fused-ring (bicyclic) bond motifs is 1. The molecule has 0 radical (unpaired) electrons. The van der Waals surface area contributed by atoms with Crippen molar-refractivity contribution in [3.05, 3.63) is 93.7 Å². The van der Waals surface area contributed by atoms with Crippen LogP contribution >= 0.6 is 34.7 Å². The van der Waals surface area contributed by atoms with Crippen LogP contribution in [0.4, 0.5) is 0 Å². The van der Waals surface area contributed by atoms with E-state index in [-0.39, 0.29) is 24.1 Å². The second-order valence-corrected chi connectivity index (χ2v) is 14.0. The maximum Gasteiger partial charge on any atom is 0.347 e. The molecule has 5 aromatic rings. The lowest BCUT2D eigenvalue weighted by atomic mass is 9.99. The van der Waals surface area contributed by atoms with Gasteiger partial charge in [-0.05, 0) is 78.9 Å². The Balaban J connectivity index is 1.25. The number of esters is 1. The Morgan fingerprint density at radius 2 is 1.75 bits per heavy atom. The molecular formula is C39H42Cl2N4O6S. The smallest absolute Gasteiger partial charge is 0.347 e. The van der Waals surface area contributed by atoms with E-state index in [2.05, 4.69) is 26.2 Å². The van der Waals surface area contributed by atoms with Crippen molar-refractivity contribution >= 4 is 50.8 Å². The highest BCUT2D eigenvalue weighted by atomic mass is 35.5. The van der Waals surface area contributed by atoms with Gasteiger partial charge in [0, 0.05) is 50.9 Å². The summed E-state index contributed by atoms with van der Waals surface area (Å²) in [5.74, 6) is 1.72. The number of halogens is 2. The van der Waals surface area contributed by atoms with Gasteiger partial charge in [0.25, 0.3) is 0 Å². The van der Waals surface area contributed by atoms with Gasteiger partial charge in [0.2, 0.25) is 12.0 Å². The third-order valence-electron chi connectivity index (χ3n) is 9.05. The summed E-state index contributed by atoms with van der Waals surface area (Å²) in [5.41, 5.74) is 3.89. The second-order valence-electron chi connectivity index (χ2n) is 12.5. The minimum absolute atomic E-state index is 0.176. The minimum atomic E-state index is -1.03. The molecule has 274 valence electrons. The van der Waals surface area contributed by atoms with Crippen molar-refractivity contribution < 1.29 is 28.5 Å². The predicted molar refractivity (Wildman–Crippen MR) is 206 cm³/mol. The number of rotatable bonds is 15. The Hall–Kier alpha value is -4.13. The number of nitrogens with zero attached hydrogens (tertiary/aromatic N) is 4. The third-order valence-corrected chi connectivity index (χ3v) is 10.6. The zero-order chi connectivity index (χ0) is 36.6. The summed E-state index contributed by atoms with van der Waals surface area (Å²) in [7, 11) is 3.77. The van der Waals surface area contributed by atoms with Gasteiger partial charge in [-0.3, -0.25) is 4.90 Å². The summed E-state index contributed by atoms with van der Waals surface area (Å²) in [6, 6.07) is 19.0. The molecule has 13 heteroatoms. The van der Waals surface area contributed by atoms with Crippen LogP contribution in [-0.2, 0) is 22.6 Å². The summed E-state index contributed by atoms with van der Waals surface area (Å²) in [6.45, 7) is 9.68. The molecule has 0 aliphatic carbocycles. The maximum absolute atomic E-state index is 13.4. The lowest BCUT2D eigenvalue weighted by molar-refractivity contribution is -0.151. The van der Waals surface area contributed by atoms with E-state index in [1.54, 1.807) is 20.2 Å². The minimum Gasteiger partial charge on any atom is -0.497 e. The SMILES string of the molecule is CCOC(=O)[C@@H](Cc1ccccc1OCc1ccc(OC)cc1)Oc1nsc2cnc(Cl)c(-c3ccc(OCCN4CCN(C)CC4)c(Cl)c3C)c12. The van der Waals surface area contributed by atoms with Gasteiger partial charge in [0.05, 0.1) is 28.8 Å². The Morgan fingerprint density at radius 3 is 2.50 bits per heavy atom. The highest BCUT2D eigenvalue weighted by Crippen LogP contribution is 2.45. The van der Waals surface area contributed by atoms with Crippen molar-refractivity contribution in [3.63, 3.8) is 0 Å². The van der Waals surface area contributed by atoms with Gasteiger partial charge in [-0.2, -0.15) is 4.37 Å². The molecule has 3 heterocycles. The fourth-order valence-electron chi connectivity index (χ4n) is 6.05. The van der Waals surface area contributed by atoms with Crippen molar-refractivity contribution in [1.82, 2.24) is 19.2 Å². The summed E-state index contributed by atoms with van der Waals surface area (Å²) < 4.78 is 34.9. The molecule has 0 N–H and O–H groups in total. The van der Waals surface area contributed by atoms with Gasteiger partial charge in [-0.15, -0.1) is 0 Å². The quantitative estimate of drug-likeness (QED) is 0.0779. The molecule has 0 saturated carbocycles. The summed E-state index contributed by atoms with van der Waals surface area (Å²) >= 11 is 14.9. The lowest BCUT2D eigenvalue weighted by Crippen LogP contribution is -2.45. The van der Waals surface area contributed by atoms with Crippen LogP contribution in [0.3, 0.4) is 0 Å². The highest BCUT2D eigenvalue weighted by molar-refractivity contribution is 7.13. The molecule has 1 fully saturated rings. The number of ether oxygens (including phenoxy) is 5. The van der Waals surface area contributed by atoms with E-state index in [4.69, 9.17) is 46.9 Å². The van der Waals surface area contributed by atoms with E-state index in [9.17, 15) is 4.79 Å². The third kappa shape index (κ3) is 8.90. The molecule has 1 saturated heterocycles. The number of para-hydroxylation sites is 1. The van der Waals surface area contributed by atoms with Crippen molar-refractivity contribution in [1.29, 1.82) is 0 Å². The van der Waals surface area contributed by atoms with Crippen LogP contribution in [0.15, 0.2) is 66.9 Å². The molecule has 0 amide bonds. The molecule has 0 spiro atoms. The van der Waals surface area contributed by atoms with Crippen LogP contribution in [0.1, 0.15) is 23.6 Å². The number of aromatic nitrogens is 2. The van der Waals surface area contributed by atoms with E-state index in [0.29, 0.717) is 40.7 Å². The first-order valence-corrected chi connectivity index (χ1v) is 18.7. The highest BCUT2D eigenvalue weighted by Gasteiger charge is 2.28. The monoisotopic (exact) mass is 764 g/mol. The van der Waals surface area contributed by atoms with Crippen molar-refractivity contribution in [2.75, 3.05) is 60.1 Å². The van der Waals surface area contributed by atoms with Crippen molar-refractivity contribution in [2.45, 2.75) is 33.0 Å². The Labute approximate surface area is 318 Å². The topological polar surface area (TPSA) is 95.5 Å². The number of hydrogen-bond acceptors (Lipinski definition) is 11. The molecule has 6 rings (SSSR count). The van der Waals surface area contributed by atoms with E-state index in [0.717, 1.165) is 65.4 Å². The maximum atomic E-state index is 13.4. The largest absolute Gasteiger partial charge is 0.497 e. The molecule has 10 nitrogen and oxygen atoms in total. The molecule has 3 aromatic carbocycles. The molecule has 1 atom stereocenters. The molecular weight excluding hydrogens is 723 g/mol. The summed E-state index contributed by atoms with van der Waals surface area (Å²) in [5, 5.41) is 1.38.